The van der Waals surface area contributed by atoms with Crippen LogP contribution in [0.25, 0.3) is 11.0 Å². The molecule has 16 nitrogen and oxygen atoms in total. The maximum absolute atomic E-state index is 14.3. The van der Waals surface area contributed by atoms with Gasteiger partial charge in [-0.15, -0.1) is 6.58 Å². The van der Waals surface area contributed by atoms with Crippen LogP contribution in [0.15, 0.2) is 18.9 Å². The van der Waals surface area contributed by atoms with Gasteiger partial charge >= 0.3 is 19.7 Å². The van der Waals surface area contributed by atoms with E-state index in [4.69, 9.17) is 49.1 Å². The Morgan fingerprint density at radius 3 is 2.35 bits per heavy atom. The van der Waals surface area contributed by atoms with Crippen molar-refractivity contribution in [3.05, 3.63) is 24.1 Å². The van der Waals surface area contributed by atoms with Crippen LogP contribution in [0.5, 0.6) is 0 Å². The highest BCUT2D eigenvalue weighted by atomic mass is 35.5. The minimum atomic E-state index is -4.31. The average molecular weight is 772 g/mol. The Kier molecular flexibility index (Phi) is 12.4. The van der Waals surface area contributed by atoms with Gasteiger partial charge < -0.3 is 37.5 Å². The summed E-state index contributed by atoms with van der Waals surface area (Å²) in [5, 5.41) is 2.79. The monoisotopic (exact) mass is 771 g/mol. The molecule has 5 rings (SSSR count). The molecular formula is C34H51ClN5O11P. The van der Waals surface area contributed by atoms with Crippen molar-refractivity contribution in [2.75, 3.05) is 31.3 Å². The van der Waals surface area contributed by atoms with E-state index in [9.17, 15) is 14.2 Å². The van der Waals surface area contributed by atoms with Crippen molar-refractivity contribution in [1.29, 1.82) is 0 Å². The highest BCUT2D eigenvalue weighted by molar-refractivity contribution is 7.56. The molecule has 52 heavy (non-hydrogen) atoms. The van der Waals surface area contributed by atoms with Gasteiger partial charge in [-0.3, -0.25) is 9.46 Å². The summed E-state index contributed by atoms with van der Waals surface area (Å²) in [6, 6.07) is -0.159. The summed E-state index contributed by atoms with van der Waals surface area (Å²) in [5.74, 6) is -1.70. The number of anilines is 1. The first-order chi connectivity index (χ1) is 24.5. The van der Waals surface area contributed by atoms with E-state index in [1.165, 1.54) is 10.8 Å². The summed E-state index contributed by atoms with van der Waals surface area (Å²) >= 11 is 6.55. The summed E-state index contributed by atoms with van der Waals surface area (Å²) in [7, 11) is -4.31. The molecule has 0 aromatic carbocycles. The third-order valence-electron chi connectivity index (χ3n) is 8.82. The Morgan fingerprint density at radius 1 is 1.10 bits per heavy atom. The molecule has 3 fully saturated rings. The number of nitrogens with zero attached hydrogens (tertiary/aromatic N) is 5. The van der Waals surface area contributed by atoms with E-state index < -0.39 is 60.9 Å². The highest BCUT2D eigenvalue weighted by Crippen LogP contribution is 2.63. The van der Waals surface area contributed by atoms with Gasteiger partial charge in [0.25, 0.3) is 5.34 Å². The van der Waals surface area contributed by atoms with E-state index in [1.54, 1.807) is 66.5 Å². The highest BCUT2D eigenvalue weighted by Gasteiger charge is 2.62. The van der Waals surface area contributed by atoms with Gasteiger partial charge in [-0.2, -0.15) is 15.1 Å². The van der Waals surface area contributed by atoms with E-state index in [0.717, 1.165) is 25.7 Å². The summed E-state index contributed by atoms with van der Waals surface area (Å²) in [6.45, 7) is 17.2. The summed E-state index contributed by atoms with van der Waals surface area (Å²) < 4.78 is 63.8. The fourth-order valence-electron chi connectivity index (χ4n) is 6.88. The molecule has 1 saturated carbocycles. The predicted molar refractivity (Wildman–Crippen MR) is 190 cm³/mol. The molecule has 1 amide bonds. The zero-order valence-electron chi connectivity index (χ0n) is 31.2. The molecule has 0 spiro atoms. The number of carbonyl (C=O) groups is 2. The molecule has 3 aliphatic rings. The maximum atomic E-state index is 14.3. The van der Waals surface area contributed by atoms with Crippen molar-refractivity contribution in [1.82, 2.24) is 19.7 Å². The Labute approximate surface area is 309 Å². The second kappa shape index (κ2) is 16.0. The van der Waals surface area contributed by atoms with Crippen molar-refractivity contribution in [3.63, 3.8) is 0 Å². The van der Waals surface area contributed by atoms with Gasteiger partial charge in [0, 0.05) is 12.5 Å². The Balaban J connectivity index is 1.53. The molecule has 290 valence electrons. The van der Waals surface area contributed by atoms with Gasteiger partial charge in [0.15, 0.2) is 23.5 Å². The molecule has 0 radical (unpaired) electrons. The van der Waals surface area contributed by atoms with Gasteiger partial charge in [-0.25, -0.2) is 14.3 Å². The Bertz CT molecular complexity index is 1650. The lowest BCUT2D eigenvalue weighted by molar-refractivity contribution is -0.208. The number of ether oxygens (including phenoxy) is 6. The molecule has 0 N–H and O–H groups in total. The molecule has 2 saturated heterocycles. The minimum absolute atomic E-state index is 0.0118. The van der Waals surface area contributed by atoms with Gasteiger partial charge in [-0.1, -0.05) is 18.9 Å². The summed E-state index contributed by atoms with van der Waals surface area (Å²) in [6.07, 6.45) is 2.28. The molecule has 0 bridgehead atoms. The zero-order valence-corrected chi connectivity index (χ0v) is 32.8. The molecule has 1 aliphatic carbocycles. The largest absolute Gasteiger partial charge is 0.463 e. The van der Waals surface area contributed by atoms with Gasteiger partial charge in [0.2, 0.25) is 5.28 Å². The van der Waals surface area contributed by atoms with Crippen LogP contribution in [-0.2, 0) is 46.8 Å². The first kappa shape index (κ1) is 40.5. The van der Waals surface area contributed by atoms with E-state index in [-0.39, 0.29) is 55.6 Å². The number of fused-ring (bicyclic) bond motifs is 2. The molecule has 2 aromatic heterocycles. The molecule has 2 unspecified atom stereocenters. The van der Waals surface area contributed by atoms with Crippen molar-refractivity contribution in [2.24, 2.45) is 0 Å². The SMILES string of the molecule is C=CCC(OCC1O[C@@H](n2ncc3c(N(C(=O)OC(C)(C)C)C4CCCC4)nc(Cl)nc32)[C@@H]2OC(C)(C)O[C@H]12)(C(=O)OCC)P(=O)(OCC)OCC. The normalized spacial score (nSPS) is 24.5. The summed E-state index contributed by atoms with van der Waals surface area (Å²) in [4.78, 5) is 37.9. The predicted octanol–water partition coefficient (Wildman–Crippen LogP) is 6.70. The third-order valence-corrected chi connectivity index (χ3v) is 11.6. The molecule has 18 heteroatoms. The topological polar surface area (TPSA) is 172 Å². The number of aromatic nitrogens is 4. The van der Waals surface area contributed by atoms with Gasteiger partial charge in [0.05, 0.1) is 38.0 Å². The van der Waals surface area contributed by atoms with E-state index >= 15 is 0 Å². The quantitative estimate of drug-likeness (QED) is 0.0810. The van der Waals surface area contributed by atoms with E-state index in [1.807, 2.05) is 0 Å². The lowest BCUT2D eigenvalue weighted by Crippen LogP contribution is -2.46. The number of amides is 1. The van der Waals surface area contributed by atoms with Crippen LogP contribution >= 0.6 is 19.2 Å². The standard InChI is InChI=1S/C34H51ClN5O11P/c1-10-18-34(29(41)44-11-2,52(43,46-12-3)47-13-4)45-20-23-24-25(50-33(8,9)49-24)28(48-23)40-27-22(19-36-40)26(37-30(35)38-27)39(21-16-14-15-17-21)31(42)51-32(5,6)7/h10,19,21,23-25,28H,1,11-18,20H2,2-9H3/t23?,24-,25-,28-,34?/m1/s1. The maximum Gasteiger partial charge on any atom is 0.416 e. The van der Waals surface area contributed by atoms with Crippen LogP contribution in [0.2, 0.25) is 5.28 Å². The summed E-state index contributed by atoms with van der Waals surface area (Å²) in [5.41, 5.74) is -0.468. The van der Waals surface area contributed by atoms with Crippen LogP contribution in [0.3, 0.4) is 0 Å². The Hall–Kier alpha value is -2.69. The lowest BCUT2D eigenvalue weighted by atomic mass is 10.1. The van der Waals surface area contributed by atoms with Crippen LogP contribution in [0.4, 0.5) is 10.6 Å². The zero-order chi connectivity index (χ0) is 38.1. The first-order valence-electron chi connectivity index (χ1n) is 17.8. The number of hydrogen-bond donors (Lipinski definition) is 0. The van der Waals surface area contributed by atoms with Crippen molar-refractivity contribution < 1.29 is 51.6 Å². The molecule has 2 aliphatic heterocycles. The third kappa shape index (κ3) is 8.04. The molecule has 2 aromatic rings. The fourth-order valence-corrected chi connectivity index (χ4v) is 9.08. The number of halogens is 1. The van der Waals surface area contributed by atoms with Gasteiger partial charge in [-0.05, 0) is 79.8 Å². The molecular weight excluding hydrogens is 721 g/mol. The van der Waals surface area contributed by atoms with Crippen molar-refractivity contribution in [3.8, 4) is 0 Å². The van der Waals surface area contributed by atoms with Crippen LogP contribution in [0.1, 0.15) is 93.7 Å². The Morgan fingerprint density at radius 2 is 1.75 bits per heavy atom. The number of esters is 1. The van der Waals surface area contributed by atoms with Crippen molar-refractivity contribution in [2.45, 2.75) is 135 Å². The number of rotatable bonds is 15. The lowest BCUT2D eigenvalue weighted by Gasteiger charge is -2.36. The van der Waals surface area contributed by atoms with Crippen molar-refractivity contribution >= 4 is 48.1 Å². The van der Waals surface area contributed by atoms with Crippen LogP contribution < -0.4 is 4.90 Å². The molecule has 5 atom stereocenters. The minimum Gasteiger partial charge on any atom is -0.463 e. The number of hydrogen-bond acceptors (Lipinski definition) is 14. The van der Waals surface area contributed by atoms with E-state index in [2.05, 4.69) is 21.6 Å². The number of carbonyl (C=O) groups excluding carboxylic acids is 2. The van der Waals surface area contributed by atoms with E-state index in [0.29, 0.717) is 5.39 Å². The van der Waals surface area contributed by atoms with Crippen LogP contribution in [0, 0.1) is 0 Å². The first-order valence-corrected chi connectivity index (χ1v) is 19.7. The van der Waals surface area contributed by atoms with Gasteiger partial charge in [0.1, 0.15) is 23.9 Å². The molecule has 4 heterocycles. The second-order valence-corrected chi connectivity index (χ2v) is 16.8. The smallest absolute Gasteiger partial charge is 0.416 e. The van der Waals surface area contributed by atoms with Crippen LogP contribution in [-0.4, -0.2) is 99.3 Å². The second-order valence-electron chi connectivity index (χ2n) is 14.2. The average Bonchev–Trinajstić information content (AvgIpc) is 3.83. The fraction of sp³-hybridized carbons (Fsp3) is 0.735.